The van der Waals surface area contributed by atoms with Gasteiger partial charge in [-0.1, -0.05) is 0 Å². The summed E-state index contributed by atoms with van der Waals surface area (Å²) >= 11 is 0. The maximum absolute atomic E-state index is 10.9. The molecule has 0 radical (unpaired) electrons. The van der Waals surface area contributed by atoms with E-state index in [2.05, 4.69) is 10.2 Å². The Labute approximate surface area is 122 Å². The molecular weight excluding hydrogens is 292 g/mol. The van der Waals surface area contributed by atoms with Crippen LogP contribution in [0.2, 0.25) is 0 Å². The molecular formula is C14H14N2O4S. The van der Waals surface area contributed by atoms with Gasteiger partial charge in [-0.25, -0.2) is 0 Å². The van der Waals surface area contributed by atoms with E-state index in [0.717, 1.165) is 11.1 Å². The van der Waals surface area contributed by atoms with Crippen LogP contribution in [0.1, 0.15) is 11.1 Å². The van der Waals surface area contributed by atoms with Gasteiger partial charge in [0.1, 0.15) is 11.4 Å². The predicted octanol–water partition coefficient (Wildman–Crippen LogP) is 3.67. The van der Waals surface area contributed by atoms with Crippen LogP contribution in [0, 0.1) is 13.8 Å². The summed E-state index contributed by atoms with van der Waals surface area (Å²) in [5.41, 5.74) is 2.66. The van der Waals surface area contributed by atoms with Crippen molar-refractivity contribution in [3.8, 4) is 5.75 Å². The minimum atomic E-state index is -4.22. The molecule has 0 bridgehead atoms. The Bertz CT molecular complexity index is 796. The number of hydrogen-bond donors (Lipinski definition) is 2. The first-order chi connectivity index (χ1) is 9.77. The van der Waals surface area contributed by atoms with E-state index in [4.69, 9.17) is 4.55 Å². The number of nitrogens with zero attached hydrogens (tertiary/aromatic N) is 2. The zero-order valence-corrected chi connectivity index (χ0v) is 12.3. The van der Waals surface area contributed by atoms with Gasteiger partial charge in [0, 0.05) is 0 Å². The highest BCUT2D eigenvalue weighted by Gasteiger charge is 2.08. The molecule has 0 aliphatic rings. The van der Waals surface area contributed by atoms with Crippen molar-refractivity contribution < 1.29 is 18.1 Å². The highest BCUT2D eigenvalue weighted by Crippen LogP contribution is 2.31. The largest absolute Gasteiger partial charge is 0.506 e. The number of hydrogen-bond acceptors (Lipinski definition) is 5. The van der Waals surface area contributed by atoms with Gasteiger partial charge in [0.25, 0.3) is 10.1 Å². The summed E-state index contributed by atoms with van der Waals surface area (Å²) in [5.74, 6) is 0.0245. The van der Waals surface area contributed by atoms with Crippen LogP contribution in [0.4, 0.5) is 11.4 Å². The van der Waals surface area contributed by atoms with Gasteiger partial charge in [-0.3, -0.25) is 4.55 Å². The SMILES string of the molecule is Cc1cc(O)c(N=Nc2ccc(S(=O)(=O)O)cc2)cc1C. The summed E-state index contributed by atoms with van der Waals surface area (Å²) in [7, 11) is -4.22. The molecule has 0 aliphatic heterocycles. The molecule has 110 valence electrons. The van der Waals surface area contributed by atoms with Crippen molar-refractivity contribution in [3.05, 3.63) is 47.5 Å². The molecule has 2 rings (SSSR count). The molecule has 0 fully saturated rings. The van der Waals surface area contributed by atoms with Crippen LogP contribution in [-0.2, 0) is 10.1 Å². The van der Waals surface area contributed by atoms with Crippen molar-refractivity contribution >= 4 is 21.5 Å². The smallest absolute Gasteiger partial charge is 0.294 e. The fraction of sp³-hybridized carbons (Fsp3) is 0.143. The average Bonchev–Trinajstić information content (AvgIpc) is 2.41. The first-order valence-corrected chi connectivity index (χ1v) is 7.51. The van der Waals surface area contributed by atoms with Crippen LogP contribution in [0.3, 0.4) is 0 Å². The highest BCUT2D eigenvalue weighted by atomic mass is 32.2. The van der Waals surface area contributed by atoms with Crippen LogP contribution in [-0.4, -0.2) is 18.1 Å². The Balaban J connectivity index is 2.28. The molecule has 0 saturated heterocycles. The molecule has 21 heavy (non-hydrogen) atoms. The Morgan fingerprint density at radius 3 is 2.10 bits per heavy atom. The van der Waals surface area contributed by atoms with E-state index in [1.807, 2.05) is 13.8 Å². The number of benzene rings is 2. The van der Waals surface area contributed by atoms with Gasteiger partial charge in [0.05, 0.1) is 10.6 Å². The zero-order valence-electron chi connectivity index (χ0n) is 11.5. The van der Waals surface area contributed by atoms with E-state index in [1.54, 1.807) is 12.1 Å². The Morgan fingerprint density at radius 1 is 0.952 bits per heavy atom. The van der Waals surface area contributed by atoms with Gasteiger partial charge < -0.3 is 5.11 Å². The van der Waals surface area contributed by atoms with Crippen molar-refractivity contribution in [1.29, 1.82) is 0 Å². The molecule has 7 heteroatoms. The maximum Gasteiger partial charge on any atom is 0.294 e. The van der Waals surface area contributed by atoms with Gasteiger partial charge in [-0.15, -0.1) is 5.11 Å². The van der Waals surface area contributed by atoms with Crippen LogP contribution in [0.15, 0.2) is 51.5 Å². The van der Waals surface area contributed by atoms with Crippen LogP contribution >= 0.6 is 0 Å². The molecule has 0 spiro atoms. The summed E-state index contributed by atoms with van der Waals surface area (Å²) in [6.07, 6.45) is 0. The van der Waals surface area contributed by atoms with Crippen molar-refractivity contribution in [1.82, 2.24) is 0 Å². The molecule has 6 nitrogen and oxygen atoms in total. The second kappa shape index (κ2) is 5.63. The number of phenolic OH excluding ortho intramolecular Hbond substituents is 1. The van der Waals surface area contributed by atoms with Crippen molar-refractivity contribution in [2.24, 2.45) is 10.2 Å². The minimum Gasteiger partial charge on any atom is -0.506 e. The second-order valence-corrected chi connectivity index (χ2v) is 6.02. The number of phenols is 1. The molecule has 2 aromatic rings. The average molecular weight is 306 g/mol. The predicted molar refractivity (Wildman–Crippen MR) is 78.0 cm³/mol. The van der Waals surface area contributed by atoms with E-state index in [-0.39, 0.29) is 10.6 Å². The number of aryl methyl sites for hydroxylation is 2. The molecule has 0 unspecified atom stereocenters. The monoisotopic (exact) mass is 306 g/mol. The third-order valence-electron chi connectivity index (χ3n) is 3.00. The molecule has 0 amide bonds. The number of aromatic hydroxyl groups is 1. The minimum absolute atomic E-state index is 0.0245. The lowest BCUT2D eigenvalue weighted by Gasteiger charge is -2.03. The third kappa shape index (κ3) is 3.65. The van der Waals surface area contributed by atoms with Gasteiger partial charge in [-0.05, 0) is 61.4 Å². The molecule has 2 aromatic carbocycles. The van der Waals surface area contributed by atoms with E-state index >= 15 is 0 Å². The lowest BCUT2D eigenvalue weighted by Crippen LogP contribution is -1.96. The van der Waals surface area contributed by atoms with Crippen LogP contribution < -0.4 is 0 Å². The van der Waals surface area contributed by atoms with Crippen molar-refractivity contribution in [2.75, 3.05) is 0 Å². The number of rotatable bonds is 3. The van der Waals surface area contributed by atoms with E-state index in [1.165, 1.54) is 24.3 Å². The lowest BCUT2D eigenvalue weighted by molar-refractivity contribution is 0.475. The van der Waals surface area contributed by atoms with Crippen molar-refractivity contribution in [3.63, 3.8) is 0 Å². The lowest BCUT2D eigenvalue weighted by atomic mass is 10.1. The van der Waals surface area contributed by atoms with Gasteiger partial charge >= 0.3 is 0 Å². The van der Waals surface area contributed by atoms with E-state index in [9.17, 15) is 13.5 Å². The van der Waals surface area contributed by atoms with Gasteiger partial charge in [-0.2, -0.15) is 13.5 Å². The van der Waals surface area contributed by atoms with Gasteiger partial charge in [0.2, 0.25) is 0 Å². The maximum atomic E-state index is 10.9. The molecule has 0 aromatic heterocycles. The zero-order chi connectivity index (χ0) is 15.6. The molecule has 0 saturated carbocycles. The second-order valence-electron chi connectivity index (χ2n) is 4.59. The molecule has 2 N–H and O–H groups in total. The summed E-state index contributed by atoms with van der Waals surface area (Å²) in [6, 6.07) is 8.58. The number of azo groups is 1. The van der Waals surface area contributed by atoms with Crippen molar-refractivity contribution in [2.45, 2.75) is 18.7 Å². The molecule has 0 aliphatic carbocycles. The first kappa shape index (κ1) is 15.1. The normalized spacial score (nSPS) is 12.0. The van der Waals surface area contributed by atoms with E-state index < -0.39 is 10.1 Å². The fourth-order valence-electron chi connectivity index (χ4n) is 1.66. The van der Waals surface area contributed by atoms with E-state index in [0.29, 0.717) is 11.4 Å². The Hall–Kier alpha value is -2.25. The summed E-state index contributed by atoms with van der Waals surface area (Å²) in [6.45, 7) is 3.78. The summed E-state index contributed by atoms with van der Waals surface area (Å²) in [4.78, 5) is -0.213. The summed E-state index contributed by atoms with van der Waals surface area (Å²) < 4.78 is 30.7. The summed E-state index contributed by atoms with van der Waals surface area (Å²) in [5, 5.41) is 17.6. The molecule has 0 atom stereocenters. The van der Waals surface area contributed by atoms with Crippen LogP contribution in [0.5, 0.6) is 5.75 Å². The third-order valence-corrected chi connectivity index (χ3v) is 3.87. The molecule has 0 heterocycles. The highest BCUT2D eigenvalue weighted by molar-refractivity contribution is 7.85. The standard InChI is InChI=1S/C14H14N2O4S/c1-9-7-13(14(17)8-10(9)2)16-15-11-3-5-12(6-4-11)21(18,19)20/h3-8,17H,1-2H3,(H,18,19,20). The quantitative estimate of drug-likeness (QED) is 0.667. The topological polar surface area (TPSA) is 99.3 Å². The van der Waals surface area contributed by atoms with Crippen LogP contribution in [0.25, 0.3) is 0 Å². The Morgan fingerprint density at radius 2 is 1.52 bits per heavy atom. The fourth-order valence-corrected chi connectivity index (χ4v) is 2.14. The van der Waals surface area contributed by atoms with Gasteiger partial charge in [0.15, 0.2) is 0 Å². The Kier molecular flexibility index (Phi) is 4.06. The first-order valence-electron chi connectivity index (χ1n) is 6.07.